The first-order valence-electron chi connectivity index (χ1n) is 27.1. The highest BCUT2D eigenvalue weighted by molar-refractivity contribution is 7.86. The average Bonchev–Trinajstić information content (AvgIpc) is 3.48. The number of aliphatic hydroxyl groups excluding tert-OH is 5. The van der Waals surface area contributed by atoms with Crippen LogP contribution in [0.25, 0.3) is 16.5 Å². The van der Waals surface area contributed by atoms with Gasteiger partial charge in [0, 0.05) is 113 Å². The lowest BCUT2D eigenvalue weighted by Gasteiger charge is -2.12. The summed E-state index contributed by atoms with van der Waals surface area (Å²) >= 11 is 0. The number of nitrogens with zero attached hydrogens (tertiary/aromatic N) is 10. The topological polar surface area (TPSA) is 404 Å². The normalized spacial score (nSPS) is 12.7. The van der Waals surface area contributed by atoms with E-state index in [1.54, 1.807) is 125 Å². The summed E-state index contributed by atoms with van der Waals surface area (Å²) in [5.41, 5.74) is 19.9. The third-order valence-corrected chi connectivity index (χ3v) is 13.2. The highest BCUT2D eigenvalue weighted by Gasteiger charge is 2.25. The van der Waals surface area contributed by atoms with Crippen LogP contribution in [-0.2, 0) is 19.0 Å². The van der Waals surface area contributed by atoms with Crippen molar-refractivity contribution in [2.75, 3.05) is 82.8 Å². The molecule has 0 amide bonds. The molecule has 1 saturated heterocycles. The molecule has 8 aromatic rings. The van der Waals surface area contributed by atoms with Gasteiger partial charge < -0.3 is 69.2 Å². The van der Waals surface area contributed by atoms with E-state index in [1.165, 1.54) is 65.4 Å². The first-order valence-corrected chi connectivity index (χ1v) is 28.5. The smallest absolute Gasteiger partial charge is 0.297 e. The molecule has 1 aliphatic heterocycles. The Balaban J connectivity index is 0.000000283. The number of ether oxygens (including phenoxy) is 8. The lowest BCUT2D eigenvalue weighted by atomic mass is 10.1. The van der Waals surface area contributed by atoms with Crippen LogP contribution in [-0.4, -0.2) is 158 Å². The third-order valence-electron chi connectivity index (χ3n) is 11.9. The number of nitrogens with two attached hydrogens (primary N) is 1. The van der Waals surface area contributed by atoms with Gasteiger partial charge in [-0.2, -0.15) is 8.42 Å². The molecule has 0 unspecified atom stereocenters. The number of azide groups is 1. The molecular formula is C62H75N11O17S. The number of methoxy groups -OCH3 is 7. The maximum Gasteiger partial charge on any atom is 0.297 e. The minimum absolute atomic E-state index is 0.0538. The summed E-state index contributed by atoms with van der Waals surface area (Å²) < 4.78 is 68.0. The molecule has 8 heterocycles. The number of carbonyl (C=O) groups is 1. The molecule has 91 heavy (non-hydrogen) atoms. The van der Waals surface area contributed by atoms with Crippen molar-refractivity contribution in [2.45, 2.75) is 42.2 Å². The van der Waals surface area contributed by atoms with E-state index in [4.69, 9.17) is 73.8 Å². The zero-order chi connectivity index (χ0) is 67.0. The van der Waals surface area contributed by atoms with Gasteiger partial charge in [-0.15, -0.1) is 0 Å². The molecule has 0 saturated carbocycles. The van der Waals surface area contributed by atoms with Crippen molar-refractivity contribution in [3.63, 3.8) is 0 Å². The molecule has 7 aromatic heterocycles. The molecule has 28 nitrogen and oxygen atoms in total. The Morgan fingerprint density at radius 3 is 1.30 bits per heavy atom. The van der Waals surface area contributed by atoms with Gasteiger partial charge in [-0.05, 0) is 71.6 Å². The van der Waals surface area contributed by atoms with Gasteiger partial charge in [0.25, 0.3) is 10.1 Å². The summed E-state index contributed by atoms with van der Waals surface area (Å²) in [7, 11) is 6.90. The fourth-order valence-corrected chi connectivity index (χ4v) is 7.44. The van der Waals surface area contributed by atoms with Crippen molar-refractivity contribution in [1.82, 2.24) is 34.9 Å². The zero-order valence-electron chi connectivity index (χ0n) is 51.3. The maximum atomic E-state index is 12.0. The minimum atomic E-state index is -3.90. The lowest BCUT2D eigenvalue weighted by molar-refractivity contribution is 0.0952. The predicted molar refractivity (Wildman–Crippen MR) is 334 cm³/mol. The Morgan fingerprint density at radius 1 is 0.571 bits per heavy atom. The van der Waals surface area contributed by atoms with Crippen LogP contribution in [0.15, 0.2) is 169 Å². The Kier molecular flexibility index (Phi) is 35.0. The SMILES string of the molecule is C=Cc1ccc(OC)nc1.COc1ccc(C=O)cn1.COc1ccc([C@@H](CO)N=[N+]=[N-])cn1.COc1ccc([C@@H](O)CO)cn1.COc1ccc([C@@H](O)COS(=O)(=O)c2ccc(C)cc2)cn1.COc1ccc([C@@H]2CO2)cn1.COc1ccc([C@H](N)CO)cn1. The van der Waals surface area contributed by atoms with Crippen LogP contribution in [0.3, 0.4) is 0 Å². The van der Waals surface area contributed by atoms with Gasteiger partial charge >= 0.3 is 0 Å². The Morgan fingerprint density at radius 2 is 0.967 bits per heavy atom. The maximum absolute atomic E-state index is 12.0. The summed E-state index contributed by atoms with van der Waals surface area (Å²) in [5.74, 6) is 3.72. The molecule has 0 spiro atoms. The van der Waals surface area contributed by atoms with Gasteiger partial charge in [-0.1, -0.05) is 47.6 Å². The molecule has 5 atom stereocenters. The number of pyridine rings is 7. The average molecular weight is 1280 g/mol. The number of aryl methyl sites for hydroxylation is 1. The Labute approximate surface area is 527 Å². The molecule has 0 bridgehead atoms. The number of aldehydes is 1. The molecule has 486 valence electrons. The third kappa shape index (κ3) is 28.1. The van der Waals surface area contributed by atoms with E-state index in [0.29, 0.717) is 63.4 Å². The molecular weight excluding hydrogens is 1200 g/mol. The summed E-state index contributed by atoms with van der Waals surface area (Å²) in [6.45, 7) is 5.30. The number of epoxide rings is 1. The van der Waals surface area contributed by atoms with Crippen molar-refractivity contribution in [3.05, 3.63) is 214 Å². The summed E-state index contributed by atoms with van der Waals surface area (Å²) in [6, 6.07) is 29.5. The minimum Gasteiger partial charge on any atom is -0.481 e. The van der Waals surface area contributed by atoms with E-state index >= 15 is 0 Å². The summed E-state index contributed by atoms with van der Waals surface area (Å²) in [4.78, 5) is 40.4. The zero-order valence-corrected chi connectivity index (χ0v) is 52.1. The van der Waals surface area contributed by atoms with E-state index in [-0.39, 0.29) is 43.5 Å². The molecule has 9 rings (SSSR count). The van der Waals surface area contributed by atoms with Crippen molar-refractivity contribution in [2.24, 2.45) is 10.8 Å². The van der Waals surface area contributed by atoms with Crippen LogP contribution in [0.1, 0.15) is 79.7 Å². The molecule has 0 radical (unpaired) electrons. The van der Waals surface area contributed by atoms with E-state index in [2.05, 4.69) is 51.5 Å². The van der Waals surface area contributed by atoms with Crippen molar-refractivity contribution in [1.29, 1.82) is 0 Å². The van der Waals surface area contributed by atoms with Gasteiger partial charge in [0.15, 0.2) is 6.29 Å². The van der Waals surface area contributed by atoms with Crippen LogP contribution in [0, 0.1) is 6.92 Å². The lowest BCUT2D eigenvalue weighted by Crippen LogP contribution is -2.14. The van der Waals surface area contributed by atoms with E-state index in [9.17, 15) is 18.3 Å². The van der Waals surface area contributed by atoms with E-state index in [0.717, 1.165) is 35.1 Å². The summed E-state index contributed by atoms with van der Waals surface area (Å²) in [5, 5.41) is 48.8. The van der Waals surface area contributed by atoms with Gasteiger partial charge in [-0.3, -0.25) is 8.98 Å². The first-order chi connectivity index (χ1) is 43.9. The predicted octanol–water partition coefficient (Wildman–Crippen LogP) is 7.27. The second kappa shape index (κ2) is 42.2. The van der Waals surface area contributed by atoms with Crippen LogP contribution < -0.4 is 38.9 Å². The van der Waals surface area contributed by atoms with Gasteiger partial charge in [0.05, 0.1) is 99.8 Å². The second-order valence-corrected chi connectivity index (χ2v) is 19.7. The van der Waals surface area contributed by atoms with Crippen LogP contribution >= 0.6 is 0 Å². The van der Waals surface area contributed by atoms with Crippen LogP contribution in [0.4, 0.5) is 0 Å². The number of aliphatic hydroxyl groups is 5. The fraction of sp³-hybridized carbons (Fsp3) is 0.290. The first kappa shape index (κ1) is 75.5. The number of carbonyl (C=O) groups excluding carboxylic acids is 1. The summed E-state index contributed by atoms with van der Waals surface area (Å²) in [6.07, 6.45) is 11.8. The van der Waals surface area contributed by atoms with E-state index in [1.807, 2.05) is 25.1 Å². The van der Waals surface area contributed by atoms with E-state index < -0.39 is 28.4 Å². The van der Waals surface area contributed by atoms with Crippen molar-refractivity contribution < 1.29 is 80.8 Å². The van der Waals surface area contributed by atoms with Gasteiger partial charge in [0.2, 0.25) is 41.2 Å². The van der Waals surface area contributed by atoms with Crippen molar-refractivity contribution >= 4 is 22.5 Å². The monoisotopic (exact) mass is 1280 g/mol. The molecule has 1 fully saturated rings. The fourth-order valence-electron chi connectivity index (χ4n) is 6.52. The Bertz CT molecular complexity index is 3350. The highest BCUT2D eigenvalue weighted by Crippen LogP contribution is 2.29. The number of hydrogen-bond acceptors (Lipinski definition) is 26. The van der Waals surface area contributed by atoms with Crippen LogP contribution in [0.5, 0.6) is 41.2 Å². The molecule has 7 N–H and O–H groups in total. The Hall–Kier alpha value is -9.78. The van der Waals surface area contributed by atoms with Crippen LogP contribution in [0.2, 0.25) is 0 Å². The highest BCUT2D eigenvalue weighted by atomic mass is 32.2. The molecule has 1 aliphatic rings. The molecule has 0 aliphatic carbocycles. The van der Waals surface area contributed by atoms with Gasteiger partial charge in [0.1, 0.15) is 18.3 Å². The second-order valence-electron chi connectivity index (χ2n) is 18.0. The molecule has 29 heteroatoms. The number of aromatic nitrogens is 7. The van der Waals surface area contributed by atoms with Crippen molar-refractivity contribution in [3.8, 4) is 41.2 Å². The standard InChI is InChI=1S/C15H17NO5S.C8H10N4O2.C8H12N2O2.C8H11NO3.C8H9NO2.C8H9NO.C7H7NO2/c1-11-3-6-13(7-4-11)22(18,19)21-10-14(17)12-5-8-15(20-2)16-9-12;1-14-8-3-2-6(4-10-8)7(5-13)11-12-9;1-12-8-3-2-6(4-10-8)7(9)5-11;1-12-8-3-2-6(4-9-8)7(11)5-10;1-10-8-3-2-6(4-9-8)7-5-11-7;1-3-7-4-5-8(10-2)9-6-7;1-10-7-3-2-6(5-9)4-8-7/h3-9,14,17H,10H2,1-2H3;2-4,7,13H,5H2,1H3;2-4,7,11H,5,9H2,1H3;2-4,7,10-11H,5H2,1H3;2-4,7H,5H2,1H3;3-6H,1H2,2H3;2-5H,1H3/t14-;4*7-;;/m01100../s1. The quantitative estimate of drug-likeness (QED) is 0.00970. The van der Waals surface area contributed by atoms with Gasteiger partial charge in [-0.25, -0.2) is 34.9 Å². The largest absolute Gasteiger partial charge is 0.481 e. The number of hydrogen-bond donors (Lipinski definition) is 6. The number of benzene rings is 1. The molecule has 1 aromatic carbocycles. The number of rotatable bonds is 22.